The van der Waals surface area contributed by atoms with Gasteiger partial charge in [-0.1, -0.05) is 30.3 Å². The third-order valence-corrected chi connectivity index (χ3v) is 3.53. The van der Waals surface area contributed by atoms with E-state index in [9.17, 15) is 9.90 Å². The van der Waals surface area contributed by atoms with Crippen molar-refractivity contribution in [1.29, 1.82) is 0 Å². The van der Waals surface area contributed by atoms with Crippen molar-refractivity contribution in [1.82, 2.24) is 5.32 Å². The van der Waals surface area contributed by atoms with Crippen molar-refractivity contribution in [2.24, 2.45) is 5.73 Å². The first-order valence-corrected chi connectivity index (χ1v) is 7.78. The Morgan fingerprint density at radius 2 is 2.11 bits per heavy atom. The number of benzene rings is 1. The molecule has 0 radical (unpaired) electrons. The molecule has 0 aliphatic heterocycles. The van der Waals surface area contributed by atoms with Crippen LogP contribution in [0, 0.1) is 0 Å². The van der Waals surface area contributed by atoms with E-state index < -0.39 is 12.1 Å². The number of nitrogens with one attached hydrogen (secondary N) is 1. The Hall–Kier alpha value is -1.04. The van der Waals surface area contributed by atoms with Crippen LogP contribution in [0.15, 0.2) is 30.3 Å². The molecule has 0 spiro atoms. The van der Waals surface area contributed by atoms with Crippen LogP contribution < -0.4 is 11.1 Å². The summed E-state index contributed by atoms with van der Waals surface area (Å²) in [6.07, 6.45) is 2.23. The minimum absolute atomic E-state index is 0.385. The smallest absolute Gasteiger partial charge is 0.250 e. The number of hydrogen-bond acceptors (Lipinski definition) is 4. The molecular formula is C14H22N2O2S. The molecule has 1 rings (SSSR count). The van der Waals surface area contributed by atoms with E-state index in [-0.39, 0.29) is 5.91 Å². The Morgan fingerprint density at radius 1 is 1.42 bits per heavy atom. The fourth-order valence-corrected chi connectivity index (χ4v) is 2.19. The minimum Gasteiger partial charge on any atom is -0.382 e. The summed E-state index contributed by atoms with van der Waals surface area (Å²) in [5, 5.41) is 12.5. The van der Waals surface area contributed by atoms with Gasteiger partial charge in [0, 0.05) is 12.6 Å². The molecule has 106 valence electrons. The van der Waals surface area contributed by atoms with Crippen molar-refractivity contribution >= 4 is 17.7 Å². The Balaban J connectivity index is 2.26. The molecule has 2 atom stereocenters. The second-order valence-electron chi connectivity index (χ2n) is 4.42. The molecule has 5 heteroatoms. The number of nitrogens with two attached hydrogens (primary N) is 1. The molecule has 0 saturated heterocycles. The van der Waals surface area contributed by atoms with Gasteiger partial charge in [-0.05, 0) is 30.4 Å². The molecule has 0 bridgehead atoms. The van der Waals surface area contributed by atoms with Crippen LogP contribution in [0.3, 0.4) is 0 Å². The summed E-state index contributed by atoms with van der Waals surface area (Å²) in [6.45, 7) is 0.509. The molecule has 19 heavy (non-hydrogen) atoms. The summed E-state index contributed by atoms with van der Waals surface area (Å²) in [5.74, 6) is 0.458. The Morgan fingerprint density at radius 3 is 2.74 bits per heavy atom. The second kappa shape index (κ2) is 8.96. The van der Waals surface area contributed by atoms with E-state index in [1.165, 1.54) is 0 Å². The van der Waals surface area contributed by atoms with Crippen molar-refractivity contribution in [2.75, 3.05) is 18.6 Å². The quantitative estimate of drug-likeness (QED) is 0.659. The van der Waals surface area contributed by atoms with Gasteiger partial charge >= 0.3 is 0 Å². The summed E-state index contributed by atoms with van der Waals surface area (Å²) in [7, 11) is 0. The van der Waals surface area contributed by atoms with E-state index in [0.717, 1.165) is 17.7 Å². The van der Waals surface area contributed by atoms with E-state index >= 15 is 0 Å². The minimum atomic E-state index is -1.12. The first-order valence-electron chi connectivity index (χ1n) is 6.39. The highest BCUT2D eigenvalue weighted by Gasteiger charge is 2.21. The highest BCUT2D eigenvalue weighted by molar-refractivity contribution is 7.98. The predicted octanol–water partition coefficient (Wildman–Crippen LogP) is 0.787. The van der Waals surface area contributed by atoms with Crippen molar-refractivity contribution in [3.63, 3.8) is 0 Å². The van der Waals surface area contributed by atoms with Gasteiger partial charge in [0.05, 0.1) is 0 Å². The summed E-state index contributed by atoms with van der Waals surface area (Å²) in [5.41, 5.74) is 6.92. The van der Waals surface area contributed by atoms with Gasteiger partial charge in [-0.3, -0.25) is 4.79 Å². The largest absolute Gasteiger partial charge is 0.382 e. The van der Waals surface area contributed by atoms with Gasteiger partial charge in [0.25, 0.3) is 0 Å². The van der Waals surface area contributed by atoms with E-state index in [1.807, 2.05) is 36.6 Å². The average molecular weight is 282 g/mol. The number of aliphatic hydroxyl groups is 1. The molecule has 0 saturated carbocycles. The van der Waals surface area contributed by atoms with Crippen LogP contribution in [0.4, 0.5) is 0 Å². The number of carbonyl (C=O) groups excluding carboxylic acids is 1. The van der Waals surface area contributed by atoms with Crippen LogP contribution in [0.5, 0.6) is 0 Å². The third-order valence-electron chi connectivity index (χ3n) is 2.89. The molecular weight excluding hydrogens is 260 g/mol. The molecule has 0 aromatic heterocycles. The molecule has 1 aromatic rings. The zero-order valence-corrected chi connectivity index (χ0v) is 12.0. The molecule has 4 N–H and O–H groups in total. The van der Waals surface area contributed by atoms with Gasteiger partial charge in [0.15, 0.2) is 0 Å². The first kappa shape index (κ1) is 16.0. The highest BCUT2D eigenvalue weighted by atomic mass is 32.2. The number of amides is 1. The monoisotopic (exact) mass is 282 g/mol. The number of aliphatic hydroxyl groups excluding tert-OH is 1. The number of carbonyl (C=O) groups is 1. The summed E-state index contributed by atoms with van der Waals surface area (Å²) in [4.78, 5) is 11.7. The lowest BCUT2D eigenvalue weighted by Crippen LogP contribution is -2.47. The van der Waals surface area contributed by atoms with E-state index in [1.54, 1.807) is 11.8 Å². The third kappa shape index (κ3) is 6.09. The summed E-state index contributed by atoms with van der Waals surface area (Å²) in [6, 6.07) is 9.40. The van der Waals surface area contributed by atoms with Crippen LogP contribution in [0.2, 0.25) is 0 Å². The fraction of sp³-hybridized carbons (Fsp3) is 0.500. The number of thioether (sulfide) groups is 1. The first-order chi connectivity index (χ1) is 9.15. The second-order valence-corrected chi connectivity index (χ2v) is 5.40. The molecule has 0 aliphatic carbocycles. The zero-order valence-electron chi connectivity index (χ0n) is 11.2. The van der Waals surface area contributed by atoms with Crippen molar-refractivity contribution in [3.8, 4) is 0 Å². The lowest BCUT2D eigenvalue weighted by Gasteiger charge is -2.17. The van der Waals surface area contributed by atoms with Crippen molar-refractivity contribution in [2.45, 2.75) is 25.0 Å². The van der Waals surface area contributed by atoms with Crippen LogP contribution >= 0.6 is 11.8 Å². The molecule has 1 aromatic carbocycles. The van der Waals surface area contributed by atoms with E-state index in [4.69, 9.17) is 5.73 Å². The lowest BCUT2D eigenvalue weighted by atomic mass is 10.1. The summed E-state index contributed by atoms with van der Waals surface area (Å²) >= 11 is 1.65. The van der Waals surface area contributed by atoms with E-state index in [0.29, 0.717) is 13.0 Å². The molecule has 0 aliphatic rings. The maximum Gasteiger partial charge on any atom is 0.250 e. The Kier molecular flexibility index (Phi) is 7.55. The van der Waals surface area contributed by atoms with Gasteiger partial charge in [0.1, 0.15) is 6.10 Å². The van der Waals surface area contributed by atoms with Gasteiger partial charge in [0.2, 0.25) is 5.91 Å². The molecule has 0 heterocycles. The lowest BCUT2D eigenvalue weighted by molar-refractivity contribution is -0.130. The molecule has 4 nitrogen and oxygen atoms in total. The van der Waals surface area contributed by atoms with Gasteiger partial charge < -0.3 is 16.2 Å². The highest BCUT2D eigenvalue weighted by Crippen LogP contribution is 2.03. The van der Waals surface area contributed by atoms with Crippen molar-refractivity contribution in [3.05, 3.63) is 35.9 Å². The molecule has 0 fully saturated rings. The summed E-state index contributed by atoms with van der Waals surface area (Å²) < 4.78 is 0. The maximum atomic E-state index is 11.7. The maximum absolute atomic E-state index is 11.7. The van der Waals surface area contributed by atoms with Crippen LogP contribution in [-0.4, -0.2) is 41.7 Å². The predicted molar refractivity (Wildman–Crippen MR) is 80.1 cm³/mol. The van der Waals surface area contributed by atoms with Crippen LogP contribution in [0.25, 0.3) is 0 Å². The van der Waals surface area contributed by atoms with Crippen LogP contribution in [-0.2, 0) is 11.2 Å². The molecule has 1 amide bonds. The number of hydrogen-bond donors (Lipinski definition) is 3. The Labute approximate surface area is 118 Å². The average Bonchev–Trinajstić information content (AvgIpc) is 2.44. The van der Waals surface area contributed by atoms with Crippen molar-refractivity contribution < 1.29 is 9.90 Å². The van der Waals surface area contributed by atoms with Gasteiger partial charge in [-0.15, -0.1) is 0 Å². The van der Waals surface area contributed by atoms with Gasteiger partial charge in [-0.25, -0.2) is 0 Å². The van der Waals surface area contributed by atoms with E-state index in [2.05, 4.69) is 5.32 Å². The fourth-order valence-electron chi connectivity index (χ4n) is 1.69. The topological polar surface area (TPSA) is 75.3 Å². The Bertz CT molecular complexity index is 373. The van der Waals surface area contributed by atoms with Gasteiger partial charge in [-0.2, -0.15) is 11.8 Å². The molecule has 1 unspecified atom stereocenters. The standard InChI is InChI=1S/C14H22N2O2S/c1-19-10-8-12(15)13(17)14(18)16-9-7-11-5-3-2-4-6-11/h2-6,12-13,17H,7-10,15H2,1H3,(H,16,18)/t12-,13?/m1/s1. The normalized spacial score (nSPS) is 13.8. The SMILES string of the molecule is CSCC[C@@H](N)C(O)C(=O)NCCc1ccccc1. The van der Waals surface area contributed by atoms with Crippen LogP contribution in [0.1, 0.15) is 12.0 Å². The number of rotatable bonds is 8. The zero-order chi connectivity index (χ0) is 14.1.